The lowest BCUT2D eigenvalue weighted by atomic mass is 10.1. The van der Waals surface area contributed by atoms with Gasteiger partial charge in [-0.2, -0.15) is 0 Å². The molecule has 2 heterocycles. The largest absolute Gasteiger partial charge is 0.325 e. The van der Waals surface area contributed by atoms with Gasteiger partial charge < -0.3 is 9.88 Å². The van der Waals surface area contributed by atoms with Gasteiger partial charge in [-0.15, -0.1) is 10.2 Å². The minimum absolute atomic E-state index is 0.0916. The van der Waals surface area contributed by atoms with Gasteiger partial charge in [-0.3, -0.25) is 4.79 Å². The molecular formula is C16H19ClN4O3S2. The number of rotatable bonds is 6. The van der Waals surface area contributed by atoms with Gasteiger partial charge in [0.15, 0.2) is 15.0 Å². The topological polar surface area (TPSA) is 93.9 Å². The van der Waals surface area contributed by atoms with Crippen LogP contribution in [0.25, 0.3) is 0 Å². The summed E-state index contributed by atoms with van der Waals surface area (Å²) in [7, 11) is -1.07. The van der Waals surface area contributed by atoms with Crippen LogP contribution in [0.1, 0.15) is 12.2 Å². The zero-order valence-corrected chi connectivity index (χ0v) is 16.6. The Morgan fingerprint density at radius 3 is 2.73 bits per heavy atom. The van der Waals surface area contributed by atoms with Crippen LogP contribution in [0.5, 0.6) is 0 Å². The summed E-state index contributed by atoms with van der Waals surface area (Å²) in [6, 6.07) is 6.90. The number of sulfone groups is 1. The molecule has 1 N–H and O–H groups in total. The second-order valence-corrected chi connectivity index (χ2v) is 9.88. The molecule has 1 fully saturated rings. The number of nitrogens with zero attached hydrogens (tertiary/aromatic N) is 3. The molecular weight excluding hydrogens is 396 g/mol. The lowest BCUT2D eigenvalue weighted by Gasteiger charge is -2.08. The van der Waals surface area contributed by atoms with E-state index in [9.17, 15) is 13.2 Å². The Balaban J connectivity index is 1.53. The molecule has 0 bridgehead atoms. The molecule has 1 aliphatic heterocycles. The molecule has 1 aliphatic rings. The molecule has 0 radical (unpaired) electrons. The zero-order valence-electron chi connectivity index (χ0n) is 14.2. The summed E-state index contributed by atoms with van der Waals surface area (Å²) < 4.78 is 25.0. The number of aromatic nitrogens is 3. The molecule has 7 nitrogen and oxygen atoms in total. The number of halogens is 1. The van der Waals surface area contributed by atoms with Crippen LogP contribution in [0.2, 0.25) is 5.02 Å². The maximum absolute atomic E-state index is 12.0. The van der Waals surface area contributed by atoms with Crippen molar-refractivity contribution in [2.45, 2.75) is 18.0 Å². The van der Waals surface area contributed by atoms with Crippen molar-refractivity contribution in [1.29, 1.82) is 0 Å². The second-order valence-electron chi connectivity index (χ2n) is 6.27. The lowest BCUT2D eigenvalue weighted by molar-refractivity contribution is -0.113. The van der Waals surface area contributed by atoms with E-state index in [1.165, 1.54) is 11.8 Å². The minimum atomic E-state index is -2.90. The third-order valence-corrected chi connectivity index (χ3v) is 7.29. The predicted molar refractivity (Wildman–Crippen MR) is 102 cm³/mol. The Labute approximate surface area is 161 Å². The first-order chi connectivity index (χ1) is 12.3. The van der Waals surface area contributed by atoms with Gasteiger partial charge in [-0.05, 0) is 36.6 Å². The van der Waals surface area contributed by atoms with E-state index in [4.69, 9.17) is 11.6 Å². The predicted octanol–water partition coefficient (Wildman–Crippen LogP) is 2.18. The summed E-state index contributed by atoms with van der Waals surface area (Å²) >= 11 is 7.11. The molecule has 1 saturated heterocycles. The molecule has 0 aliphatic carbocycles. The van der Waals surface area contributed by atoms with Gasteiger partial charge in [0, 0.05) is 24.2 Å². The number of hydrogen-bond acceptors (Lipinski definition) is 6. The van der Waals surface area contributed by atoms with E-state index in [0.29, 0.717) is 28.7 Å². The summed E-state index contributed by atoms with van der Waals surface area (Å²) in [4.78, 5) is 12.0. The number of nitrogens with one attached hydrogen (secondary N) is 1. The van der Waals surface area contributed by atoms with E-state index in [1.807, 2.05) is 11.6 Å². The van der Waals surface area contributed by atoms with Gasteiger partial charge in [-0.1, -0.05) is 23.4 Å². The fraction of sp³-hybridized carbons (Fsp3) is 0.438. The third-order valence-electron chi connectivity index (χ3n) is 4.18. The number of amides is 1. The second kappa shape index (κ2) is 7.98. The molecule has 3 rings (SSSR count). The van der Waals surface area contributed by atoms with Gasteiger partial charge >= 0.3 is 0 Å². The van der Waals surface area contributed by atoms with Crippen LogP contribution >= 0.6 is 23.4 Å². The van der Waals surface area contributed by atoms with Crippen molar-refractivity contribution in [1.82, 2.24) is 14.8 Å². The summed E-state index contributed by atoms with van der Waals surface area (Å²) in [6.07, 6.45) is 1.25. The quantitative estimate of drug-likeness (QED) is 0.728. The Kier molecular flexibility index (Phi) is 5.89. The fourth-order valence-corrected chi connectivity index (χ4v) is 5.52. The highest BCUT2D eigenvalue weighted by Gasteiger charge is 2.29. The van der Waals surface area contributed by atoms with Crippen LogP contribution in [-0.2, 0) is 28.1 Å². The third kappa shape index (κ3) is 4.99. The Morgan fingerprint density at radius 2 is 2.08 bits per heavy atom. The van der Waals surface area contributed by atoms with Crippen molar-refractivity contribution in [3.8, 4) is 0 Å². The Bertz CT molecular complexity index is 897. The Morgan fingerprint density at radius 1 is 1.35 bits per heavy atom. The lowest BCUT2D eigenvalue weighted by Crippen LogP contribution is -2.14. The maximum Gasteiger partial charge on any atom is 0.234 e. The fourth-order valence-electron chi connectivity index (χ4n) is 2.80. The molecule has 140 valence electrons. The van der Waals surface area contributed by atoms with E-state index in [0.717, 1.165) is 5.82 Å². The number of carbonyl (C=O) groups is 1. The van der Waals surface area contributed by atoms with E-state index in [2.05, 4.69) is 15.5 Å². The zero-order chi connectivity index (χ0) is 18.7. The number of anilines is 1. The smallest absolute Gasteiger partial charge is 0.234 e. The SMILES string of the molecule is Cn1c(C[C@H]2CCS(=O)(=O)C2)nnc1SCC(=O)Nc1ccc(Cl)cc1. The molecule has 1 amide bonds. The molecule has 1 aromatic carbocycles. The Hall–Kier alpha value is -1.58. The van der Waals surface area contributed by atoms with Gasteiger partial charge in [-0.25, -0.2) is 8.42 Å². The van der Waals surface area contributed by atoms with Gasteiger partial charge in [0.1, 0.15) is 5.82 Å². The van der Waals surface area contributed by atoms with Crippen LogP contribution in [0.4, 0.5) is 5.69 Å². The molecule has 10 heteroatoms. The molecule has 0 unspecified atom stereocenters. The monoisotopic (exact) mass is 414 g/mol. The van der Waals surface area contributed by atoms with Crippen LogP contribution in [-0.4, -0.2) is 46.3 Å². The van der Waals surface area contributed by atoms with Crippen molar-refractivity contribution >= 4 is 44.8 Å². The van der Waals surface area contributed by atoms with Crippen molar-refractivity contribution in [3.63, 3.8) is 0 Å². The van der Waals surface area contributed by atoms with E-state index in [1.54, 1.807) is 24.3 Å². The molecule has 0 spiro atoms. The highest BCUT2D eigenvalue weighted by atomic mass is 35.5. The number of benzene rings is 1. The summed E-state index contributed by atoms with van der Waals surface area (Å²) in [6.45, 7) is 0. The van der Waals surface area contributed by atoms with E-state index >= 15 is 0 Å². The number of hydrogen-bond donors (Lipinski definition) is 1. The van der Waals surface area contributed by atoms with Crippen molar-refractivity contribution in [2.24, 2.45) is 13.0 Å². The van der Waals surface area contributed by atoms with Crippen molar-refractivity contribution < 1.29 is 13.2 Å². The maximum atomic E-state index is 12.0. The highest BCUT2D eigenvalue weighted by molar-refractivity contribution is 7.99. The molecule has 1 atom stereocenters. The van der Waals surface area contributed by atoms with Crippen LogP contribution in [0.15, 0.2) is 29.4 Å². The molecule has 0 saturated carbocycles. The summed E-state index contributed by atoms with van der Waals surface area (Å²) in [5, 5.41) is 12.3. The summed E-state index contributed by atoms with van der Waals surface area (Å²) in [5.41, 5.74) is 0.682. The van der Waals surface area contributed by atoms with Crippen LogP contribution < -0.4 is 5.32 Å². The van der Waals surface area contributed by atoms with Crippen LogP contribution in [0.3, 0.4) is 0 Å². The molecule has 26 heavy (non-hydrogen) atoms. The number of carbonyl (C=O) groups excluding carboxylic acids is 1. The molecule has 2 aromatic rings. The van der Waals surface area contributed by atoms with Crippen LogP contribution in [0, 0.1) is 5.92 Å². The first kappa shape index (κ1) is 19.2. The minimum Gasteiger partial charge on any atom is -0.325 e. The standard InChI is InChI=1S/C16H19ClN4O3S2/c1-21-14(8-11-6-7-26(23,24)10-11)19-20-16(21)25-9-15(22)18-13-4-2-12(17)3-5-13/h2-5,11H,6-10H2,1H3,(H,18,22)/t11-/m1/s1. The van der Waals surface area contributed by atoms with E-state index in [-0.39, 0.29) is 29.1 Å². The van der Waals surface area contributed by atoms with E-state index < -0.39 is 9.84 Å². The first-order valence-electron chi connectivity index (χ1n) is 8.09. The number of thioether (sulfide) groups is 1. The highest BCUT2D eigenvalue weighted by Crippen LogP contribution is 2.24. The van der Waals surface area contributed by atoms with Crippen molar-refractivity contribution in [3.05, 3.63) is 35.1 Å². The average Bonchev–Trinajstić information content (AvgIpc) is 3.11. The van der Waals surface area contributed by atoms with Gasteiger partial charge in [0.2, 0.25) is 5.91 Å². The van der Waals surface area contributed by atoms with Crippen molar-refractivity contribution in [2.75, 3.05) is 22.6 Å². The van der Waals surface area contributed by atoms with Gasteiger partial charge in [0.25, 0.3) is 0 Å². The first-order valence-corrected chi connectivity index (χ1v) is 11.3. The van der Waals surface area contributed by atoms with Gasteiger partial charge in [0.05, 0.1) is 17.3 Å². The average molecular weight is 415 g/mol. The molecule has 1 aromatic heterocycles. The normalized spacial score (nSPS) is 18.8. The summed E-state index contributed by atoms with van der Waals surface area (Å²) in [5.74, 6) is 1.35.